The second kappa shape index (κ2) is 13.3. The zero-order valence-electron chi connectivity index (χ0n) is 22.5. The highest BCUT2D eigenvalue weighted by Gasteiger charge is 2.37. The van der Waals surface area contributed by atoms with Crippen molar-refractivity contribution in [2.24, 2.45) is 0 Å². The first-order chi connectivity index (χ1) is 19.9. The first-order valence-electron chi connectivity index (χ1n) is 13.6. The molecule has 5 N–H and O–H groups in total. The average molecular weight is 563 g/mol. The van der Waals surface area contributed by atoms with Crippen LogP contribution in [0.5, 0.6) is 0 Å². The Morgan fingerprint density at radius 2 is 1.83 bits per heavy atom. The van der Waals surface area contributed by atoms with E-state index < -0.39 is 30.3 Å². The van der Waals surface area contributed by atoms with Crippen LogP contribution in [0.2, 0.25) is 0 Å². The summed E-state index contributed by atoms with van der Waals surface area (Å²) in [6.07, 6.45) is -3.52. The van der Waals surface area contributed by atoms with Gasteiger partial charge in [-0.2, -0.15) is 5.26 Å². The van der Waals surface area contributed by atoms with Crippen molar-refractivity contribution >= 4 is 28.4 Å². The summed E-state index contributed by atoms with van der Waals surface area (Å²) < 4.78 is 16.6. The summed E-state index contributed by atoms with van der Waals surface area (Å²) in [5, 5.41) is 47.1. The van der Waals surface area contributed by atoms with Crippen LogP contribution in [0, 0.1) is 11.3 Å². The summed E-state index contributed by atoms with van der Waals surface area (Å²) in [4.78, 5) is 15.0. The highest BCUT2D eigenvalue weighted by atomic mass is 16.5. The van der Waals surface area contributed by atoms with E-state index in [9.17, 15) is 25.4 Å². The number of carbonyl (C=O) groups is 1. The van der Waals surface area contributed by atoms with Gasteiger partial charge in [0, 0.05) is 50.1 Å². The molecule has 2 aliphatic heterocycles. The largest absolute Gasteiger partial charge is 0.457 e. The molecule has 1 amide bonds. The zero-order valence-corrected chi connectivity index (χ0v) is 22.5. The molecule has 2 fully saturated rings. The monoisotopic (exact) mass is 562 g/mol. The molecule has 0 bridgehead atoms. The van der Waals surface area contributed by atoms with E-state index in [0.717, 1.165) is 61.4 Å². The Morgan fingerprint density at radius 1 is 1.05 bits per heavy atom. The van der Waals surface area contributed by atoms with Gasteiger partial charge in [0.05, 0.1) is 19.8 Å². The fourth-order valence-corrected chi connectivity index (χ4v) is 4.90. The molecule has 0 aliphatic carbocycles. The Kier molecular flexibility index (Phi) is 9.31. The number of aliphatic hydroxyl groups excluding tert-OH is 3. The lowest BCUT2D eigenvalue weighted by atomic mass is 10.00. The molecule has 5 rings (SSSR count). The van der Waals surface area contributed by atoms with E-state index in [1.165, 1.54) is 6.08 Å². The fraction of sp³-hybridized carbons (Fsp3) is 0.400. The number of rotatable bonds is 9. The number of hydrogen-bond acceptors (Lipinski definition) is 10. The summed E-state index contributed by atoms with van der Waals surface area (Å²) in [6.45, 7) is 5.04. The Labute approximate surface area is 237 Å². The van der Waals surface area contributed by atoms with Crippen molar-refractivity contribution in [2.45, 2.75) is 24.4 Å². The third kappa shape index (κ3) is 7.12. The molecule has 0 radical (unpaired) electrons. The Morgan fingerprint density at radius 3 is 2.63 bits per heavy atom. The number of morpholine rings is 1. The highest BCUT2D eigenvalue weighted by Crippen LogP contribution is 2.28. The molecule has 3 aromatic rings. The van der Waals surface area contributed by atoms with Crippen LogP contribution < -0.4 is 10.6 Å². The van der Waals surface area contributed by atoms with Crippen LogP contribution in [-0.2, 0) is 14.3 Å². The maximum absolute atomic E-state index is 12.6. The second-order valence-electron chi connectivity index (χ2n) is 10.2. The molecule has 4 atom stereocenters. The van der Waals surface area contributed by atoms with Gasteiger partial charge in [0.15, 0.2) is 0 Å². The summed E-state index contributed by atoms with van der Waals surface area (Å²) in [5.74, 6) is 0.246. The molecule has 216 valence electrons. The first-order valence-corrected chi connectivity index (χ1v) is 13.6. The molecule has 2 aliphatic rings. The third-order valence-corrected chi connectivity index (χ3v) is 7.33. The van der Waals surface area contributed by atoms with Gasteiger partial charge in [-0.1, -0.05) is 18.2 Å². The van der Waals surface area contributed by atoms with Gasteiger partial charge in [0.2, 0.25) is 0 Å². The summed E-state index contributed by atoms with van der Waals surface area (Å²) in [6, 6.07) is 17.6. The lowest BCUT2D eigenvalue weighted by molar-refractivity contribution is -0.185. The molecule has 0 unspecified atom stereocenters. The number of nitriles is 1. The number of amides is 1. The first kappa shape index (κ1) is 28.8. The maximum Gasteiger partial charge on any atom is 0.262 e. The van der Waals surface area contributed by atoms with E-state index in [2.05, 4.69) is 33.7 Å². The minimum atomic E-state index is -1.38. The van der Waals surface area contributed by atoms with Gasteiger partial charge in [-0.15, -0.1) is 0 Å². The maximum atomic E-state index is 12.6. The summed E-state index contributed by atoms with van der Waals surface area (Å²) in [7, 11) is 0. The number of benzene rings is 2. The number of carbonyl (C=O) groups excluding carboxylic acids is 1. The standard InChI is InChI=1S/C30H34N4O7/c31-16-22(30(38)33-17-27-29(37)28(36)25(35)18-40-27)15-24-5-6-26(41-24)21-2-1-20-14-23(4-3-19(20)13-21)32-7-8-34-9-11-39-12-10-34/h1-6,13-15,25,27-29,32,35-37H,7-12,17-18H2,(H,33,38)/b22-15+/t25-,27+,28+,29+/m0/s1. The summed E-state index contributed by atoms with van der Waals surface area (Å²) >= 11 is 0. The zero-order chi connectivity index (χ0) is 28.8. The van der Waals surface area contributed by atoms with Gasteiger partial charge < -0.3 is 39.8 Å². The quantitative estimate of drug-likeness (QED) is 0.190. The van der Waals surface area contributed by atoms with E-state index in [4.69, 9.17) is 13.9 Å². The molecule has 1 aromatic heterocycles. The number of nitrogens with zero attached hydrogens (tertiary/aromatic N) is 2. The van der Waals surface area contributed by atoms with Gasteiger partial charge >= 0.3 is 0 Å². The number of anilines is 1. The lowest BCUT2D eigenvalue weighted by Gasteiger charge is -2.35. The number of furan rings is 1. The van der Waals surface area contributed by atoms with Crippen LogP contribution in [0.3, 0.4) is 0 Å². The van der Waals surface area contributed by atoms with Crippen molar-refractivity contribution in [3.8, 4) is 17.4 Å². The fourth-order valence-electron chi connectivity index (χ4n) is 4.90. The van der Waals surface area contributed by atoms with Gasteiger partial charge in [-0.3, -0.25) is 9.69 Å². The number of ether oxygens (including phenoxy) is 2. The van der Waals surface area contributed by atoms with E-state index in [0.29, 0.717) is 11.5 Å². The van der Waals surface area contributed by atoms with Crippen molar-refractivity contribution < 1.29 is 34.0 Å². The SMILES string of the molecule is N#C/C(=C\c1ccc(-c2ccc3cc(NCCN4CCOCC4)ccc3c2)o1)C(=O)NC[C@H]1OC[C@H](O)[C@@H](O)[C@@H]1O. The molecule has 0 spiro atoms. The topological polar surface area (TPSA) is 160 Å². The number of hydrogen-bond donors (Lipinski definition) is 5. The molecule has 2 saturated heterocycles. The average Bonchev–Trinajstić information content (AvgIpc) is 3.47. The van der Waals surface area contributed by atoms with Crippen LogP contribution in [0.15, 0.2) is 58.5 Å². The van der Waals surface area contributed by atoms with Gasteiger partial charge in [0.25, 0.3) is 5.91 Å². The van der Waals surface area contributed by atoms with Crippen molar-refractivity contribution in [3.05, 3.63) is 59.9 Å². The van der Waals surface area contributed by atoms with Crippen LogP contribution in [0.25, 0.3) is 28.2 Å². The van der Waals surface area contributed by atoms with Crippen molar-refractivity contribution in [1.29, 1.82) is 5.26 Å². The molecule has 0 saturated carbocycles. The smallest absolute Gasteiger partial charge is 0.262 e. The highest BCUT2D eigenvalue weighted by molar-refractivity contribution is 6.01. The summed E-state index contributed by atoms with van der Waals surface area (Å²) in [5.41, 5.74) is 1.73. The van der Waals surface area contributed by atoms with Gasteiger partial charge in [-0.05, 0) is 41.1 Å². The number of nitrogens with one attached hydrogen (secondary N) is 2. The van der Waals surface area contributed by atoms with Crippen LogP contribution in [-0.4, -0.2) is 103 Å². The molecule has 2 aromatic carbocycles. The lowest BCUT2D eigenvalue weighted by Crippen LogP contribution is -2.56. The van der Waals surface area contributed by atoms with Crippen molar-refractivity contribution in [3.63, 3.8) is 0 Å². The Bertz CT molecular complexity index is 1430. The van der Waals surface area contributed by atoms with E-state index >= 15 is 0 Å². The predicted octanol–water partition coefficient (Wildman–Crippen LogP) is 1.35. The third-order valence-electron chi connectivity index (χ3n) is 7.33. The van der Waals surface area contributed by atoms with Gasteiger partial charge in [-0.25, -0.2) is 0 Å². The number of fused-ring (bicyclic) bond motifs is 1. The normalized spacial score (nSPS) is 23.7. The van der Waals surface area contributed by atoms with Crippen molar-refractivity contribution in [2.75, 3.05) is 57.9 Å². The molecular weight excluding hydrogens is 528 g/mol. The predicted molar refractivity (Wildman–Crippen MR) is 152 cm³/mol. The Hall–Kier alpha value is -3.76. The second-order valence-corrected chi connectivity index (χ2v) is 10.2. The van der Waals surface area contributed by atoms with Gasteiger partial charge in [0.1, 0.15) is 47.6 Å². The number of aliphatic hydroxyl groups is 3. The van der Waals surface area contributed by atoms with Crippen LogP contribution in [0.4, 0.5) is 5.69 Å². The minimum absolute atomic E-state index is 0.144. The molecular formula is C30H34N4O7. The molecule has 41 heavy (non-hydrogen) atoms. The Balaban J connectivity index is 1.19. The van der Waals surface area contributed by atoms with E-state index in [1.807, 2.05) is 24.3 Å². The molecule has 11 heteroatoms. The van der Waals surface area contributed by atoms with Crippen LogP contribution >= 0.6 is 0 Å². The molecule has 3 heterocycles. The van der Waals surface area contributed by atoms with Crippen LogP contribution in [0.1, 0.15) is 5.76 Å². The minimum Gasteiger partial charge on any atom is -0.457 e. The van der Waals surface area contributed by atoms with Crippen molar-refractivity contribution in [1.82, 2.24) is 10.2 Å². The van der Waals surface area contributed by atoms with E-state index in [-0.39, 0.29) is 18.7 Å². The molecule has 11 nitrogen and oxygen atoms in total. The van der Waals surface area contributed by atoms with E-state index in [1.54, 1.807) is 12.1 Å².